The van der Waals surface area contributed by atoms with Crippen molar-refractivity contribution in [2.24, 2.45) is 0 Å². The number of nitrogens with one attached hydrogen (secondary N) is 1. The summed E-state index contributed by atoms with van der Waals surface area (Å²) >= 11 is 0. The van der Waals surface area contributed by atoms with Crippen molar-refractivity contribution in [3.8, 4) is 0 Å². The molecular weight excluding hydrogens is 174 g/mol. The summed E-state index contributed by atoms with van der Waals surface area (Å²) in [6.45, 7) is 7.38. The molecule has 0 aliphatic carbocycles. The zero-order valence-electron chi connectivity index (χ0n) is 9.94. The van der Waals surface area contributed by atoms with Crippen molar-refractivity contribution < 1.29 is 4.79 Å². The SMILES string of the molecule is CCC(=O)CCCCCCNC(C)C. The lowest BCUT2D eigenvalue weighted by atomic mass is 10.1. The molecule has 0 aliphatic heterocycles. The molecule has 0 amide bonds. The molecule has 0 saturated carbocycles. The molecule has 0 rings (SSSR count). The topological polar surface area (TPSA) is 29.1 Å². The standard InChI is InChI=1S/C12H25NO/c1-4-12(14)9-7-5-6-8-10-13-11(2)3/h11,13H,4-10H2,1-3H3. The van der Waals surface area contributed by atoms with Gasteiger partial charge in [0.25, 0.3) is 0 Å². The van der Waals surface area contributed by atoms with Crippen molar-refractivity contribution in [2.75, 3.05) is 6.54 Å². The molecule has 84 valence electrons. The molecule has 1 N–H and O–H groups in total. The van der Waals surface area contributed by atoms with Crippen molar-refractivity contribution in [1.29, 1.82) is 0 Å². The Kier molecular flexibility index (Phi) is 8.95. The van der Waals surface area contributed by atoms with Crippen molar-refractivity contribution in [3.63, 3.8) is 0 Å². The number of hydrogen-bond acceptors (Lipinski definition) is 2. The fourth-order valence-corrected chi connectivity index (χ4v) is 1.37. The lowest BCUT2D eigenvalue weighted by Crippen LogP contribution is -2.23. The van der Waals surface area contributed by atoms with E-state index < -0.39 is 0 Å². The first-order chi connectivity index (χ1) is 6.66. The summed E-state index contributed by atoms with van der Waals surface area (Å²) in [5.74, 6) is 0.408. The highest BCUT2D eigenvalue weighted by molar-refractivity contribution is 5.77. The van der Waals surface area contributed by atoms with Gasteiger partial charge in [0, 0.05) is 18.9 Å². The third kappa shape index (κ3) is 9.72. The lowest BCUT2D eigenvalue weighted by Gasteiger charge is -2.07. The molecule has 0 fully saturated rings. The molecule has 14 heavy (non-hydrogen) atoms. The summed E-state index contributed by atoms with van der Waals surface area (Å²) in [5, 5.41) is 3.39. The number of carbonyl (C=O) groups is 1. The van der Waals surface area contributed by atoms with Gasteiger partial charge in [-0.25, -0.2) is 0 Å². The second-order valence-electron chi connectivity index (χ2n) is 4.17. The van der Waals surface area contributed by atoms with Crippen LogP contribution in [0.1, 0.15) is 59.3 Å². The third-order valence-corrected chi connectivity index (χ3v) is 2.33. The van der Waals surface area contributed by atoms with E-state index in [1.165, 1.54) is 19.3 Å². The third-order valence-electron chi connectivity index (χ3n) is 2.33. The number of ketones is 1. The molecule has 0 aromatic rings. The summed E-state index contributed by atoms with van der Waals surface area (Å²) < 4.78 is 0. The lowest BCUT2D eigenvalue weighted by molar-refractivity contribution is -0.118. The van der Waals surface area contributed by atoms with Crippen LogP contribution in [-0.2, 0) is 4.79 Å². The number of Topliss-reactive ketones (excluding diaryl/α,β-unsaturated/α-hetero) is 1. The fraction of sp³-hybridized carbons (Fsp3) is 0.917. The highest BCUT2D eigenvalue weighted by Crippen LogP contribution is 2.04. The van der Waals surface area contributed by atoms with Crippen LogP contribution in [-0.4, -0.2) is 18.4 Å². The Morgan fingerprint density at radius 3 is 2.36 bits per heavy atom. The Morgan fingerprint density at radius 2 is 1.79 bits per heavy atom. The molecule has 2 nitrogen and oxygen atoms in total. The monoisotopic (exact) mass is 199 g/mol. The highest BCUT2D eigenvalue weighted by Gasteiger charge is 1.97. The van der Waals surface area contributed by atoms with E-state index in [4.69, 9.17) is 0 Å². The Labute approximate surface area is 88.5 Å². The van der Waals surface area contributed by atoms with Gasteiger partial charge in [-0.05, 0) is 19.4 Å². The zero-order chi connectivity index (χ0) is 10.8. The van der Waals surface area contributed by atoms with Crippen molar-refractivity contribution in [3.05, 3.63) is 0 Å². The van der Waals surface area contributed by atoms with Gasteiger partial charge in [0.15, 0.2) is 0 Å². The normalized spacial score (nSPS) is 10.9. The Morgan fingerprint density at radius 1 is 1.14 bits per heavy atom. The smallest absolute Gasteiger partial charge is 0.132 e. The van der Waals surface area contributed by atoms with E-state index in [2.05, 4.69) is 19.2 Å². The van der Waals surface area contributed by atoms with E-state index >= 15 is 0 Å². The molecule has 0 spiro atoms. The molecule has 0 aromatic heterocycles. The minimum Gasteiger partial charge on any atom is -0.315 e. The molecule has 0 saturated heterocycles. The maximum atomic E-state index is 11.0. The molecule has 0 heterocycles. The molecule has 0 radical (unpaired) electrons. The molecule has 0 aromatic carbocycles. The van der Waals surface area contributed by atoms with E-state index in [-0.39, 0.29) is 0 Å². The van der Waals surface area contributed by atoms with Crippen LogP contribution < -0.4 is 5.32 Å². The van der Waals surface area contributed by atoms with Gasteiger partial charge in [0.2, 0.25) is 0 Å². The van der Waals surface area contributed by atoms with Crippen LogP contribution in [0.3, 0.4) is 0 Å². The van der Waals surface area contributed by atoms with Crippen LogP contribution in [0.4, 0.5) is 0 Å². The minimum absolute atomic E-state index is 0.408. The summed E-state index contributed by atoms with van der Waals surface area (Å²) in [5.41, 5.74) is 0. The fourth-order valence-electron chi connectivity index (χ4n) is 1.37. The van der Waals surface area contributed by atoms with Gasteiger partial charge in [-0.3, -0.25) is 4.79 Å². The van der Waals surface area contributed by atoms with E-state index in [1.54, 1.807) is 0 Å². The summed E-state index contributed by atoms with van der Waals surface area (Å²) in [6.07, 6.45) is 6.25. The van der Waals surface area contributed by atoms with Crippen LogP contribution in [0.25, 0.3) is 0 Å². The second-order valence-corrected chi connectivity index (χ2v) is 4.17. The molecule has 0 aliphatic rings. The van der Waals surface area contributed by atoms with E-state index in [1.807, 2.05) is 6.92 Å². The number of rotatable bonds is 9. The number of hydrogen-bond donors (Lipinski definition) is 1. The van der Waals surface area contributed by atoms with Crippen LogP contribution in [0.2, 0.25) is 0 Å². The summed E-state index contributed by atoms with van der Waals surface area (Å²) in [4.78, 5) is 11.0. The molecule has 2 heteroatoms. The summed E-state index contributed by atoms with van der Waals surface area (Å²) in [7, 11) is 0. The van der Waals surface area contributed by atoms with Gasteiger partial charge in [-0.1, -0.05) is 33.6 Å². The number of carbonyl (C=O) groups excluding carboxylic acids is 1. The van der Waals surface area contributed by atoms with Gasteiger partial charge >= 0.3 is 0 Å². The quantitative estimate of drug-likeness (QED) is 0.578. The van der Waals surface area contributed by atoms with Gasteiger partial charge in [-0.2, -0.15) is 0 Å². The van der Waals surface area contributed by atoms with Crippen molar-refractivity contribution in [1.82, 2.24) is 5.32 Å². The molecule has 0 atom stereocenters. The van der Waals surface area contributed by atoms with Crippen LogP contribution in [0, 0.1) is 0 Å². The van der Waals surface area contributed by atoms with Gasteiger partial charge < -0.3 is 5.32 Å². The van der Waals surface area contributed by atoms with Gasteiger partial charge in [0.1, 0.15) is 5.78 Å². The van der Waals surface area contributed by atoms with Crippen LogP contribution in [0.15, 0.2) is 0 Å². The first-order valence-electron chi connectivity index (χ1n) is 5.92. The minimum atomic E-state index is 0.408. The van der Waals surface area contributed by atoms with E-state index in [9.17, 15) is 4.79 Å². The maximum Gasteiger partial charge on any atom is 0.132 e. The largest absolute Gasteiger partial charge is 0.315 e. The second kappa shape index (κ2) is 9.20. The molecular formula is C12H25NO. The Hall–Kier alpha value is -0.370. The van der Waals surface area contributed by atoms with Crippen LogP contribution >= 0.6 is 0 Å². The maximum absolute atomic E-state index is 11.0. The molecule has 0 unspecified atom stereocenters. The predicted molar refractivity (Wildman–Crippen MR) is 61.5 cm³/mol. The van der Waals surface area contributed by atoms with Crippen molar-refractivity contribution in [2.45, 2.75) is 65.3 Å². The van der Waals surface area contributed by atoms with Gasteiger partial charge in [-0.15, -0.1) is 0 Å². The average Bonchev–Trinajstić information content (AvgIpc) is 2.15. The highest BCUT2D eigenvalue weighted by atomic mass is 16.1. The predicted octanol–water partition coefficient (Wildman–Crippen LogP) is 2.91. The molecule has 0 bridgehead atoms. The Balaban J connectivity index is 3.03. The Bertz CT molecular complexity index is 143. The van der Waals surface area contributed by atoms with Gasteiger partial charge in [0.05, 0.1) is 0 Å². The van der Waals surface area contributed by atoms with E-state index in [0.717, 1.165) is 19.4 Å². The zero-order valence-corrected chi connectivity index (χ0v) is 9.94. The first-order valence-corrected chi connectivity index (χ1v) is 5.92. The van der Waals surface area contributed by atoms with Crippen LogP contribution in [0.5, 0.6) is 0 Å². The first kappa shape index (κ1) is 13.6. The van der Waals surface area contributed by atoms with Crippen molar-refractivity contribution >= 4 is 5.78 Å². The van der Waals surface area contributed by atoms with E-state index in [0.29, 0.717) is 18.2 Å². The number of unbranched alkanes of at least 4 members (excludes halogenated alkanes) is 3. The average molecular weight is 199 g/mol. The summed E-state index contributed by atoms with van der Waals surface area (Å²) in [6, 6.07) is 0.594.